The van der Waals surface area contributed by atoms with E-state index in [1.807, 2.05) is 31.4 Å². The van der Waals surface area contributed by atoms with E-state index < -0.39 is 0 Å². The van der Waals surface area contributed by atoms with Crippen LogP contribution in [0.3, 0.4) is 0 Å². The summed E-state index contributed by atoms with van der Waals surface area (Å²) in [5, 5.41) is 7.12. The second kappa shape index (κ2) is 9.47. The van der Waals surface area contributed by atoms with Crippen LogP contribution in [0.5, 0.6) is 0 Å². The van der Waals surface area contributed by atoms with Crippen molar-refractivity contribution in [1.29, 1.82) is 0 Å². The highest BCUT2D eigenvalue weighted by molar-refractivity contribution is 6.02. The molecule has 0 bridgehead atoms. The van der Waals surface area contributed by atoms with Gasteiger partial charge in [0.1, 0.15) is 0 Å². The molecule has 7 nitrogen and oxygen atoms in total. The molecule has 7 heteroatoms. The van der Waals surface area contributed by atoms with Crippen LogP contribution in [0.25, 0.3) is 17.2 Å². The fourth-order valence-electron chi connectivity index (χ4n) is 3.42. The average molecular weight is 403 g/mol. The summed E-state index contributed by atoms with van der Waals surface area (Å²) in [5.41, 5.74) is 4.82. The van der Waals surface area contributed by atoms with Crippen LogP contribution >= 0.6 is 0 Å². The van der Waals surface area contributed by atoms with E-state index in [2.05, 4.69) is 32.4 Å². The zero-order chi connectivity index (χ0) is 20.8. The molecular weight excluding hydrogens is 378 g/mol. The number of anilines is 1. The number of hydrogen-bond donors (Lipinski definition) is 1. The lowest BCUT2D eigenvalue weighted by Gasteiger charge is -2.26. The van der Waals surface area contributed by atoms with Gasteiger partial charge in [0.25, 0.3) is 0 Å². The number of nitrogens with zero attached hydrogens (tertiary/aromatic N) is 4. The van der Waals surface area contributed by atoms with Crippen molar-refractivity contribution in [3.8, 4) is 11.1 Å². The highest BCUT2D eigenvalue weighted by Crippen LogP contribution is 2.23. The highest BCUT2D eigenvalue weighted by Gasteiger charge is 2.10. The second-order valence-electron chi connectivity index (χ2n) is 7.27. The Morgan fingerprint density at radius 3 is 2.70 bits per heavy atom. The fraction of sp³-hybridized carbons (Fsp3) is 0.261. The summed E-state index contributed by atoms with van der Waals surface area (Å²) in [7, 11) is 1.87. The number of morpholine rings is 1. The van der Waals surface area contributed by atoms with E-state index in [9.17, 15) is 4.79 Å². The van der Waals surface area contributed by atoms with Gasteiger partial charge in [-0.05, 0) is 35.4 Å². The van der Waals surface area contributed by atoms with Gasteiger partial charge in [0, 0.05) is 68.2 Å². The Hall–Kier alpha value is -3.29. The lowest BCUT2D eigenvalue weighted by molar-refractivity contribution is -0.111. The first-order valence-electron chi connectivity index (χ1n) is 9.98. The number of nitrogens with one attached hydrogen (secondary N) is 1. The van der Waals surface area contributed by atoms with Crippen LogP contribution in [0.15, 0.2) is 61.2 Å². The number of rotatable bonds is 6. The molecule has 0 aliphatic carbocycles. The van der Waals surface area contributed by atoms with E-state index in [4.69, 9.17) is 4.74 Å². The normalized spacial score (nSPS) is 14.8. The molecule has 1 saturated heterocycles. The largest absolute Gasteiger partial charge is 0.379 e. The summed E-state index contributed by atoms with van der Waals surface area (Å²) >= 11 is 0. The van der Waals surface area contributed by atoms with Crippen molar-refractivity contribution in [1.82, 2.24) is 19.7 Å². The predicted octanol–water partition coefficient (Wildman–Crippen LogP) is 2.97. The molecular formula is C23H25N5O2. The van der Waals surface area contributed by atoms with Crippen molar-refractivity contribution < 1.29 is 9.53 Å². The number of amides is 1. The van der Waals surface area contributed by atoms with Crippen molar-refractivity contribution in [3.63, 3.8) is 0 Å². The van der Waals surface area contributed by atoms with Crippen molar-refractivity contribution in [2.75, 3.05) is 31.6 Å². The number of carbonyl (C=O) groups excluding carboxylic acids is 1. The molecule has 1 amide bonds. The molecule has 30 heavy (non-hydrogen) atoms. The van der Waals surface area contributed by atoms with Gasteiger partial charge in [-0.15, -0.1) is 0 Å². The third-order valence-electron chi connectivity index (χ3n) is 5.01. The van der Waals surface area contributed by atoms with Crippen LogP contribution in [0.2, 0.25) is 0 Å². The molecule has 1 aliphatic heterocycles. The van der Waals surface area contributed by atoms with Gasteiger partial charge in [-0.25, -0.2) is 0 Å². The Kier molecular flexibility index (Phi) is 6.32. The van der Waals surface area contributed by atoms with Crippen LogP contribution in [-0.2, 0) is 23.1 Å². The SMILES string of the molecule is Cn1cc(-c2ccncc2C=CC(=O)Nc2ccc(CN3CCOCC3)cc2)cn1. The molecule has 0 spiro atoms. The quantitative estimate of drug-likeness (QED) is 0.641. The van der Waals surface area contributed by atoms with Gasteiger partial charge in [0.2, 0.25) is 5.91 Å². The van der Waals surface area contributed by atoms with E-state index in [1.54, 1.807) is 29.3 Å². The summed E-state index contributed by atoms with van der Waals surface area (Å²) in [6, 6.07) is 9.90. The van der Waals surface area contributed by atoms with E-state index in [0.717, 1.165) is 55.2 Å². The summed E-state index contributed by atoms with van der Waals surface area (Å²) < 4.78 is 7.13. The van der Waals surface area contributed by atoms with Gasteiger partial charge in [-0.3, -0.25) is 19.4 Å². The third kappa shape index (κ3) is 5.20. The Morgan fingerprint density at radius 1 is 1.17 bits per heavy atom. The third-order valence-corrected chi connectivity index (χ3v) is 5.01. The number of aryl methyl sites for hydroxylation is 1. The van der Waals surface area contributed by atoms with E-state index >= 15 is 0 Å². The topological polar surface area (TPSA) is 72.3 Å². The minimum Gasteiger partial charge on any atom is -0.379 e. The van der Waals surface area contributed by atoms with Crippen molar-refractivity contribution in [2.24, 2.45) is 7.05 Å². The number of hydrogen-bond acceptors (Lipinski definition) is 5. The Morgan fingerprint density at radius 2 is 1.97 bits per heavy atom. The minimum absolute atomic E-state index is 0.183. The minimum atomic E-state index is -0.183. The molecule has 154 valence electrons. The summed E-state index contributed by atoms with van der Waals surface area (Å²) in [6.07, 6.45) is 10.5. The van der Waals surface area contributed by atoms with E-state index in [1.165, 1.54) is 11.6 Å². The number of carbonyl (C=O) groups is 1. The second-order valence-corrected chi connectivity index (χ2v) is 7.27. The first-order valence-corrected chi connectivity index (χ1v) is 9.98. The summed E-state index contributed by atoms with van der Waals surface area (Å²) in [4.78, 5) is 18.9. The Bertz CT molecular complexity index is 1020. The zero-order valence-electron chi connectivity index (χ0n) is 17.0. The van der Waals surface area contributed by atoms with E-state index in [-0.39, 0.29) is 5.91 Å². The maximum absolute atomic E-state index is 12.4. The first-order chi connectivity index (χ1) is 14.7. The van der Waals surface area contributed by atoms with Crippen molar-refractivity contribution in [2.45, 2.75) is 6.54 Å². The van der Waals surface area contributed by atoms with Crippen molar-refractivity contribution >= 4 is 17.7 Å². The molecule has 0 radical (unpaired) electrons. The predicted molar refractivity (Wildman–Crippen MR) is 117 cm³/mol. The van der Waals surface area contributed by atoms with E-state index in [0.29, 0.717) is 0 Å². The summed E-state index contributed by atoms with van der Waals surface area (Å²) in [5.74, 6) is -0.183. The molecule has 0 unspecified atom stereocenters. The van der Waals surface area contributed by atoms with Gasteiger partial charge in [0.05, 0.1) is 19.4 Å². The van der Waals surface area contributed by atoms with Gasteiger partial charge < -0.3 is 10.1 Å². The maximum atomic E-state index is 12.4. The average Bonchev–Trinajstić information content (AvgIpc) is 3.21. The Balaban J connectivity index is 1.37. The molecule has 2 aromatic heterocycles. The highest BCUT2D eigenvalue weighted by atomic mass is 16.5. The smallest absolute Gasteiger partial charge is 0.248 e. The molecule has 1 N–H and O–H groups in total. The number of benzene rings is 1. The maximum Gasteiger partial charge on any atom is 0.248 e. The molecule has 3 heterocycles. The fourth-order valence-corrected chi connectivity index (χ4v) is 3.42. The van der Waals surface area contributed by atoms with Gasteiger partial charge in [-0.1, -0.05) is 12.1 Å². The van der Waals surface area contributed by atoms with Gasteiger partial charge in [-0.2, -0.15) is 5.10 Å². The van der Waals surface area contributed by atoms with Crippen LogP contribution in [0, 0.1) is 0 Å². The molecule has 0 saturated carbocycles. The molecule has 1 fully saturated rings. The van der Waals surface area contributed by atoms with Crippen LogP contribution < -0.4 is 5.32 Å². The monoisotopic (exact) mass is 403 g/mol. The van der Waals surface area contributed by atoms with Gasteiger partial charge in [0.15, 0.2) is 0 Å². The molecule has 0 atom stereocenters. The molecule has 1 aromatic carbocycles. The van der Waals surface area contributed by atoms with Crippen LogP contribution in [0.4, 0.5) is 5.69 Å². The molecule has 4 rings (SSSR count). The number of pyridine rings is 1. The molecule has 3 aromatic rings. The standard InChI is InChI=1S/C23H25N5O2/c1-27-17-20(15-25-27)22-8-9-24-14-19(22)4-7-23(29)26-21-5-2-18(3-6-21)16-28-10-12-30-13-11-28/h2-9,14-15,17H,10-13,16H2,1H3,(H,26,29). The van der Waals surface area contributed by atoms with Gasteiger partial charge >= 0.3 is 0 Å². The lowest BCUT2D eigenvalue weighted by atomic mass is 10.0. The van der Waals surface area contributed by atoms with Crippen LogP contribution in [0.1, 0.15) is 11.1 Å². The number of ether oxygens (including phenoxy) is 1. The van der Waals surface area contributed by atoms with Crippen LogP contribution in [-0.4, -0.2) is 51.9 Å². The molecule has 1 aliphatic rings. The Labute approximate surface area is 176 Å². The first kappa shape index (κ1) is 20.0. The summed E-state index contributed by atoms with van der Waals surface area (Å²) in [6.45, 7) is 4.40. The zero-order valence-corrected chi connectivity index (χ0v) is 17.0. The number of aromatic nitrogens is 3. The van der Waals surface area contributed by atoms with Crippen molar-refractivity contribution in [3.05, 3.63) is 72.3 Å². The lowest BCUT2D eigenvalue weighted by Crippen LogP contribution is -2.35.